The molecular weight excluding hydrogens is 242 g/mol. The molecule has 1 aromatic heterocycles. The van der Waals surface area contributed by atoms with Crippen LogP contribution in [0.3, 0.4) is 0 Å². The molecule has 0 spiro atoms. The lowest BCUT2D eigenvalue weighted by molar-refractivity contribution is 0.355. The molecule has 0 radical (unpaired) electrons. The monoisotopic (exact) mass is 255 g/mol. The molecule has 0 saturated heterocycles. The van der Waals surface area contributed by atoms with Crippen LogP contribution in [0.1, 0.15) is 5.56 Å². The fourth-order valence-electron chi connectivity index (χ4n) is 1.65. The topological polar surface area (TPSA) is 67.2 Å². The summed E-state index contributed by atoms with van der Waals surface area (Å²) in [6, 6.07) is 10.9. The van der Waals surface area contributed by atoms with Crippen LogP contribution >= 0.6 is 0 Å². The molecule has 1 N–H and O–H groups in total. The summed E-state index contributed by atoms with van der Waals surface area (Å²) in [7, 11) is 3.15. The summed E-state index contributed by atoms with van der Waals surface area (Å²) in [5.41, 5.74) is 1.25. The van der Waals surface area contributed by atoms with Crippen LogP contribution in [0.2, 0.25) is 0 Å². The fraction of sp³-hybridized carbons (Fsp3) is 0.143. The van der Waals surface area contributed by atoms with Crippen LogP contribution in [0, 0.1) is 11.3 Å². The molecule has 0 saturated carbocycles. The van der Waals surface area contributed by atoms with E-state index in [1.807, 2.05) is 6.07 Å². The second kappa shape index (κ2) is 5.74. The van der Waals surface area contributed by atoms with Crippen LogP contribution in [0.5, 0.6) is 11.5 Å². The maximum absolute atomic E-state index is 9.00. The van der Waals surface area contributed by atoms with Crippen molar-refractivity contribution in [1.82, 2.24) is 4.98 Å². The number of ether oxygens (including phenoxy) is 2. The summed E-state index contributed by atoms with van der Waals surface area (Å²) in [6.45, 7) is 0. The molecule has 19 heavy (non-hydrogen) atoms. The van der Waals surface area contributed by atoms with Crippen molar-refractivity contribution in [3.63, 3.8) is 0 Å². The third-order valence-electron chi connectivity index (χ3n) is 2.57. The third kappa shape index (κ3) is 2.75. The highest BCUT2D eigenvalue weighted by Crippen LogP contribution is 2.31. The predicted molar refractivity (Wildman–Crippen MR) is 71.8 cm³/mol. The molecule has 0 amide bonds. The van der Waals surface area contributed by atoms with E-state index in [1.54, 1.807) is 44.7 Å². The second-order valence-corrected chi connectivity index (χ2v) is 3.71. The number of rotatable bonds is 4. The van der Waals surface area contributed by atoms with Crippen LogP contribution in [0.15, 0.2) is 36.5 Å². The van der Waals surface area contributed by atoms with Gasteiger partial charge in [-0.2, -0.15) is 5.26 Å². The molecule has 1 aromatic carbocycles. The van der Waals surface area contributed by atoms with E-state index in [-0.39, 0.29) is 0 Å². The fourth-order valence-corrected chi connectivity index (χ4v) is 1.65. The van der Waals surface area contributed by atoms with Crippen LogP contribution in [-0.4, -0.2) is 19.2 Å². The highest BCUT2D eigenvalue weighted by Gasteiger charge is 2.07. The van der Waals surface area contributed by atoms with Crippen LogP contribution in [0.4, 0.5) is 11.5 Å². The highest BCUT2D eigenvalue weighted by atomic mass is 16.5. The maximum Gasteiger partial charge on any atom is 0.162 e. The largest absolute Gasteiger partial charge is 0.493 e. The number of methoxy groups -OCH3 is 2. The Kier molecular flexibility index (Phi) is 3.84. The van der Waals surface area contributed by atoms with Gasteiger partial charge in [-0.05, 0) is 24.3 Å². The Labute approximate surface area is 111 Å². The summed E-state index contributed by atoms with van der Waals surface area (Å²) >= 11 is 0. The summed E-state index contributed by atoms with van der Waals surface area (Å²) in [5, 5.41) is 12.1. The van der Waals surface area contributed by atoms with E-state index in [0.717, 1.165) is 5.69 Å². The van der Waals surface area contributed by atoms with E-state index in [1.165, 1.54) is 0 Å². The SMILES string of the molecule is COc1ccc(Nc2ncccc2C#N)cc1OC. The van der Waals surface area contributed by atoms with Gasteiger partial charge in [-0.3, -0.25) is 0 Å². The van der Waals surface area contributed by atoms with E-state index < -0.39 is 0 Å². The number of pyridine rings is 1. The van der Waals surface area contributed by atoms with Crippen molar-refractivity contribution in [1.29, 1.82) is 5.26 Å². The Hall–Kier alpha value is -2.74. The van der Waals surface area contributed by atoms with Crippen LogP contribution in [-0.2, 0) is 0 Å². The summed E-state index contributed by atoms with van der Waals surface area (Å²) in [5.74, 6) is 1.77. The molecule has 0 aliphatic carbocycles. The number of nitriles is 1. The Bertz CT molecular complexity index is 620. The first-order valence-electron chi connectivity index (χ1n) is 5.62. The summed E-state index contributed by atoms with van der Waals surface area (Å²) < 4.78 is 10.4. The lowest BCUT2D eigenvalue weighted by Gasteiger charge is -2.11. The van der Waals surface area contributed by atoms with Crippen molar-refractivity contribution in [3.8, 4) is 17.6 Å². The number of nitrogens with zero attached hydrogens (tertiary/aromatic N) is 2. The van der Waals surface area contributed by atoms with Gasteiger partial charge in [0.2, 0.25) is 0 Å². The molecule has 1 heterocycles. The lowest BCUT2D eigenvalue weighted by Crippen LogP contribution is -1.97. The smallest absolute Gasteiger partial charge is 0.162 e. The average molecular weight is 255 g/mol. The van der Waals surface area contributed by atoms with Crippen molar-refractivity contribution in [3.05, 3.63) is 42.1 Å². The molecule has 0 fully saturated rings. The normalized spacial score (nSPS) is 9.53. The molecule has 2 aromatic rings. The minimum Gasteiger partial charge on any atom is -0.493 e. The molecule has 0 aliphatic rings. The molecule has 96 valence electrons. The van der Waals surface area contributed by atoms with E-state index >= 15 is 0 Å². The predicted octanol–water partition coefficient (Wildman–Crippen LogP) is 2.71. The molecule has 0 aliphatic heterocycles. The molecule has 0 unspecified atom stereocenters. The standard InChI is InChI=1S/C14H13N3O2/c1-18-12-6-5-11(8-13(12)19-2)17-14-10(9-15)4-3-7-16-14/h3-8H,1-2H3,(H,16,17). The Morgan fingerprint density at radius 2 is 1.95 bits per heavy atom. The molecular formula is C14H13N3O2. The number of hydrogen-bond acceptors (Lipinski definition) is 5. The highest BCUT2D eigenvalue weighted by molar-refractivity contribution is 5.65. The first-order valence-corrected chi connectivity index (χ1v) is 5.62. The van der Waals surface area contributed by atoms with Crippen LogP contribution < -0.4 is 14.8 Å². The van der Waals surface area contributed by atoms with Crippen molar-refractivity contribution in [2.45, 2.75) is 0 Å². The number of hydrogen-bond donors (Lipinski definition) is 1. The maximum atomic E-state index is 9.00. The number of nitrogens with one attached hydrogen (secondary N) is 1. The van der Waals surface area contributed by atoms with Crippen LogP contribution in [0.25, 0.3) is 0 Å². The van der Waals surface area contributed by atoms with Gasteiger partial charge in [0.05, 0.1) is 19.8 Å². The first-order chi connectivity index (χ1) is 9.28. The van der Waals surface area contributed by atoms with Gasteiger partial charge in [0.1, 0.15) is 11.9 Å². The molecule has 5 nitrogen and oxygen atoms in total. The van der Waals surface area contributed by atoms with E-state index in [4.69, 9.17) is 14.7 Å². The molecule has 5 heteroatoms. The van der Waals surface area contributed by atoms with E-state index in [2.05, 4.69) is 16.4 Å². The zero-order chi connectivity index (χ0) is 13.7. The summed E-state index contributed by atoms with van der Waals surface area (Å²) in [4.78, 5) is 4.14. The number of anilines is 2. The van der Waals surface area contributed by atoms with Gasteiger partial charge in [0, 0.05) is 18.0 Å². The zero-order valence-corrected chi connectivity index (χ0v) is 10.7. The Morgan fingerprint density at radius 1 is 1.16 bits per heavy atom. The van der Waals surface area contributed by atoms with Gasteiger partial charge >= 0.3 is 0 Å². The van der Waals surface area contributed by atoms with Gasteiger partial charge in [0.15, 0.2) is 11.5 Å². The van der Waals surface area contributed by atoms with Crippen molar-refractivity contribution in [2.24, 2.45) is 0 Å². The quantitative estimate of drug-likeness (QED) is 0.909. The summed E-state index contributed by atoms with van der Waals surface area (Å²) in [6.07, 6.45) is 1.63. The van der Waals surface area contributed by atoms with E-state index in [9.17, 15) is 0 Å². The van der Waals surface area contributed by atoms with Gasteiger partial charge < -0.3 is 14.8 Å². The average Bonchev–Trinajstić information content (AvgIpc) is 2.47. The van der Waals surface area contributed by atoms with Gasteiger partial charge in [-0.15, -0.1) is 0 Å². The molecule has 0 atom stereocenters. The number of aromatic nitrogens is 1. The lowest BCUT2D eigenvalue weighted by atomic mass is 10.2. The Balaban J connectivity index is 2.31. The van der Waals surface area contributed by atoms with Gasteiger partial charge in [-0.1, -0.05) is 0 Å². The minimum absolute atomic E-state index is 0.484. The van der Waals surface area contributed by atoms with Crippen molar-refractivity contribution in [2.75, 3.05) is 19.5 Å². The van der Waals surface area contributed by atoms with Crippen molar-refractivity contribution >= 4 is 11.5 Å². The molecule has 0 bridgehead atoms. The minimum atomic E-state index is 0.484. The van der Waals surface area contributed by atoms with Gasteiger partial charge in [-0.25, -0.2) is 4.98 Å². The zero-order valence-electron chi connectivity index (χ0n) is 10.7. The molecule has 2 rings (SSSR count). The Morgan fingerprint density at radius 3 is 2.63 bits per heavy atom. The number of benzene rings is 1. The first kappa shape index (κ1) is 12.7. The van der Waals surface area contributed by atoms with Gasteiger partial charge in [0.25, 0.3) is 0 Å². The second-order valence-electron chi connectivity index (χ2n) is 3.71. The van der Waals surface area contributed by atoms with Crippen molar-refractivity contribution < 1.29 is 9.47 Å². The third-order valence-corrected chi connectivity index (χ3v) is 2.57. The van der Waals surface area contributed by atoms with E-state index in [0.29, 0.717) is 22.9 Å².